The highest BCUT2D eigenvalue weighted by Gasteiger charge is 2.24. The van der Waals surface area contributed by atoms with E-state index in [4.69, 9.17) is 0 Å². The number of rotatable bonds is 1. The molecule has 2 heteroatoms. The summed E-state index contributed by atoms with van der Waals surface area (Å²) in [6.45, 7) is 5.59. The zero-order chi connectivity index (χ0) is 8.48. The van der Waals surface area contributed by atoms with Crippen molar-refractivity contribution in [3.05, 3.63) is 23.9 Å². The van der Waals surface area contributed by atoms with Gasteiger partial charge in [0.15, 0.2) is 0 Å². The van der Waals surface area contributed by atoms with E-state index in [9.17, 15) is 5.11 Å². The van der Waals surface area contributed by atoms with Gasteiger partial charge in [0.25, 0.3) is 0 Å². The quantitative estimate of drug-likeness (QED) is 0.593. The molecule has 0 saturated carbocycles. The van der Waals surface area contributed by atoms with Crippen LogP contribution in [-0.4, -0.2) is 16.7 Å². The summed E-state index contributed by atoms with van der Waals surface area (Å²) < 4.78 is 0. The molecule has 62 valence electrons. The summed E-state index contributed by atoms with van der Waals surface area (Å²) in [5.74, 6) is 0. The zero-order valence-corrected chi connectivity index (χ0v) is 7.26. The van der Waals surface area contributed by atoms with Gasteiger partial charge in [-0.25, -0.2) is 0 Å². The number of hydrogen-bond acceptors (Lipinski definition) is 2. The third-order valence-corrected chi connectivity index (χ3v) is 1.79. The van der Waals surface area contributed by atoms with Crippen LogP contribution in [0.2, 0.25) is 0 Å². The monoisotopic (exact) mass is 153 g/mol. The fourth-order valence-corrected chi connectivity index (χ4v) is 1.06. The lowest BCUT2D eigenvalue weighted by atomic mass is 9.96. The molecule has 1 unspecified atom stereocenters. The first-order chi connectivity index (χ1) is 5.00. The summed E-state index contributed by atoms with van der Waals surface area (Å²) in [5.41, 5.74) is 0.408. The Kier molecular flexibility index (Phi) is 2.05. The molecule has 2 nitrogen and oxygen atoms in total. The SMILES string of the molecule is CC1=CC=CC(C(C)(C)O)N1. The van der Waals surface area contributed by atoms with E-state index in [0.717, 1.165) is 5.70 Å². The lowest BCUT2D eigenvalue weighted by molar-refractivity contribution is 0.0572. The van der Waals surface area contributed by atoms with Crippen molar-refractivity contribution in [1.29, 1.82) is 0 Å². The van der Waals surface area contributed by atoms with Crippen LogP contribution in [0, 0.1) is 0 Å². The highest BCUT2D eigenvalue weighted by atomic mass is 16.3. The number of dihydropyridines is 1. The van der Waals surface area contributed by atoms with Crippen LogP contribution in [0.3, 0.4) is 0 Å². The first-order valence-corrected chi connectivity index (χ1v) is 3.84. The minimum Gasteiger partial charge on any atom is -0.388 e. The number of aliphatic hydroxyl groups is 1. The lowest BCUT2D eigenvalue weighted by Crippen LogP contribution is -2.45. The Balaban J connectivity index is 2.67. The van der Waals surface area contributed by atoms with Gasteiger partial charge >= 0.3 is 0 Å². The second-order valence-corrected chi connectivity index (χ2v) is 3.51. The van der Waals surface area contributed by atoms with Gasteiger partial charge in [-0.2, -0.15) is 0 Å². The molecule has 11 heavy (non-hydrogen) atoms. The predicted molar refractivity (Wildman–Crippen MR) is 46.1 cm³/mol. The molecule has 0 aromatic carbocycles. The summed E-state index contributed by atoms with van der Waals surface area (Å²) >= 11 is 0. The average molecular weight is 153 g/mol. The summed E-state index contributed by atoms with van der Waals surface area (Å²) in [5, 5.41) is 12.8. The van der Waals surface area contributed by atoms with Crippen molar-refractivity contribution >= 4 is 0 Å². The van der Waals surface area contributed by atoms with E-state index in [1.165, 1.54) is 0 Å². The number of allylic oxidation sites excluding steroid dienone is 3. The first kappa shape index (κ1) is 8.34. The number of nitrogens with one attached hydrogen (secondary N) is 1. The van der Waals surface area contributed by atoms with Crippen molar-refractivity contribution in [1.82, 2.24) is 5.32 Å². The van der Waals surface area contributed by atoms with Crippen LogP contribution in [0.4, 0.5) is 0 Å². The molecule has 1 aliphatic heterocycles. The molecule has 0 spiro atoms. The second kappa shape index (κ2) is 2.70. The van der Waals surface area contributed by atoms with Gasteiger partial charge in [0.2, 0.25) is 0 Å². The van der Waals surface area contributed by atoms with E-state index in [2.05, 4.69) is 5.32 Å². The molecule has 0 aliphatic carbocycles. The largest absolute Gasteiger partial charge is 0.388 e. The fourth-order valence-electron chi connectivity index (χ4n) is 1.06. The van der Waals surface area contributed by atoms with Crippen molar-refractivity contribution in [2.45, 2.75) is 32.4 Å². The van der Waals surface area contributed by atoms with E-state index < -0.39 is 5.60 Å². The zero-order valence-electron chi connectivity index (χ0n) is 7.26. The summed E-state index contributed by atoms with van der Waals surface area (Å²) in [6.07, 6.45) is 5.92. The Labute approximate surface area is 67.6 Å². The van der Waals surface area contributed by atoms with Crippen LogP contribution in [-0.2, 0) is 0 Å². The maximum Gasteiger partial charge on any atom is 0.0827 e. The van der Waals surface area contributed by atoms with Crippen molar-refractivity contribution in [2.75, 3.05) is 0 Å². The fraction of sp³-hybridized carbons (Fsp3) is 0.556. The topological polar surface area (TPSA) is 32.3 Å². The van der Waals surface area contributed by atoms with Crippen molar-refractivity contribution in [3.63, 3.8) is 0 Å². The molecule has 0 radical (unpaired) electrons. The molecule has 2 N–H and O–H groups in total. The molecule has 0 aromatic rings. The third-order valence-electron chi connectivity index (χ3n) is 1.79. The Hall–Kier alpha value is -0.760. The van der Waals surface area contributed by atoms with E-state index in [-0.39, 0.29) is 6.04 Å². The molecular formula is C9H15NO. The van der Waals surface area contributed by atoms with E-state index >= 15 is 0 Å². The molecule has 1 heterocycles. The number of hydrogen-bond donors (Lipinski definition) is 2. The van der Waals surface area contributed by atoms with E-state index in [1.807, 2.05) is 25.2 Å². The van der Waals surface area contributed by atoms with Gasteiger partial charge in [-0.3, -0.25) is 0 Å². The van der Waals surface area contributed by atoms with Gasteiger partial charge in [0.1, 0.15) is 0 Å². The highest BCUT2D eigenvalue weighted by molar-refractivity contribution is 5.20. The van der Waals surface area contributed by atoms with Gasteiger partial charge in [-0.1, -0.05) is 12.2 Å². The Morgan fingerprint density at radius 1 is 1.55 bits per heavy atom. The van der Waals surface area contributed by atoms with Gasteiger partial charge in [-0.15, -0.1) is 0 Å². The van der Waals surface area contributed by atoms with Crippen molar-refractivity contribution in [3.8, 4) is 0 Å². The standard InChI is InChI=1S/C9H15NO/c1-7-5-4-6-8(10-7)9(2,3)11/h4-6,8,10-11H,1-3H3. The molecular weight excluding hydrogens is 138 g/mol. The second-order valence-electron chi connectivity index (χ2n) is 3.51. The van der Waals surface area contributed by atoms with Crippen LogP contribution < -0.4 is 5.32 Å². The molecule has 0 bridgehead atoms. The van der Waals surface area contributed by atoms with Crippen LogP contribution in [0.5, 0.6) is 0 Å². The molecule has 0 amide bonds. The van der Waals surface area contributed by atoms with Gasteiger partial charge in [0.05, 0.1) is 11.6 Å². The lowest BCUT2D eigenvalue weighted by Gasteiger charge is -2.30. The summed E-state index contributed by atoms with van der Waals surface area (Å²) in [4.78, 5) is 0. The Bertz CT molecular complexity index is 198. The normalized spacial score (nSPS) is 24.4. The molecule has 0 aromatic heterocycles. The van der Waals surface area contributed by atoms with Crippen LogP contribution in [0.15, 0.2) is 23.9 Å². The molecule has 1 aliphatic rings. The highest BCUT2D eigenvalue weighted by Crippen LogP contribution is 2.14. The first-order valence-electron chi connectivity index (χ1n) is 3.84. The van der Waals surface area contributed by atoms with Crippen LogP contribution in [0.25, 0.3) is 0 Å². The van der Waals surface area contributed by atoms with E-state index in [0.29, 0.717) is 0 Å². The summed E-state index contributed by atoms with van der Waals surface area (Å²) in [7, 11) is 0. The Morgan fingerprint density at radius 2 is 2.18 bits per heavy atom. The van der Waals surface area contributed by atoms with E-state index in [1.54, 1.807) is 13.8 Å². The maximum absolute atomic E-state index is 9.62. The van der Waals surface area contributed by atoms with Crippen molar-refractivity contribution < 1.29 is 5.11 Å². The van der Waals surface area contributed by atoms with Crippen LogP contribution in [0.1, 0.15) is 20.8 Å². The van der Waals surface area contributed by atoms with Gasteiger partial charge in [0, 0.05) is 5.70 Å². The average Bonchev–Trinajstić information content (AvgIpc) is 1.86. The molecule has 1 rings (SSSR count). The van der Waals surface area contributed by atoms with Crippen molar-refractivity contribution in [2.24, 2.45) is 0 Å². The predicted octanol–water partition coefficient (Wildman–Crippen LogP) is 1.19. The van der Waals surface area contributed by atoms with Gasteiger partial charge in [-0.05, 0) is 26.8 Å². The minimum absolute atomic E-state index is 0.0347. The Morgan fingerprint density at radius 3 is 2.55 bits per heavy atom. The maximum atomic E-state index is 9.62. The molecule has 0 fully saturated rings. The molecule has 0 saturated heterocycles. The smallest absolute Gasteiger partial charge is 0.0827 e. The van der Waals surface area contributed by atoms with Gasteiger partial charge < -0.3 is 10.4 Å². The van der Waals surface area contributed by atoms with Crippen LogP contribution >= 0.6 is 0 Å². The third kappa shape index (κ3) is 2.09. The minimum atomic E-state index is -0.688. The summed E-state index contributed by atoms with van der Waals surface area (Å²) in [6, 6.07) is 0.0347. The molecule has 1 atom stereocenters.